The second-order valence-electron chi connectivity index (χ2n) is 6.59. The number of benzene rings is 1. The Morgan fingerprint density at radius 1 is 1.31 bits per heavy atom. The summed E-state index contributed by atoms with van der Waals surface area (Å²) >= 11 is 0. The van der Waals surface area contributed by atoms with E-state index >= 15 is 0 Å². The number of hydrogen-bond donors (Lipinski definition) is 0. The third kappa shape index (κ3) is 3.63. The lowest BCUT2D eigenvalue weighted by Crippen LogP contribution is -2.46. The predicted molar refractivity (Wildman–Crippen MR) is 97.1 cm³/mol. The Bertz CT molecular complexity index is 864. The molecule has 0 N–H and O–H groups in total. The Morgan fingerprint density at radius 3 is 2.58 bits per heavy atom. The number of hydrogen-bond acceptors (Lipinski definition) is 5. The first kappa shape index (κ1) is 18.5. The van der Waals surface area contributed by atoms with E-state index in [2.05, 4.69) is 10.1 Å². The molecular formula is C17H23N5O3S. The minimum Gasteiger partial charge on any atom is -0.338 e. The maximum Gasteiger partial charge on any atom is 0.241 e. The Balaban J connectivity index is 1.74. The van der Waals surface area contributed by atoms with Gasteiger partial charge < -0.3 is 4.90 Å². The molecule has 0 saturated carbocycles. The summed E-state index contributed by atoms with van der Waals surface area (Å²) in [7, 11) is -1.66. The fourth-order valence-corrected chi connectivity index (χ4v) is 4.40. The number of carbonyl (C=O) groups is 1. The van der Waals surface area contributed by atoms with E-state index in [1.807, 2.05) is 31.2 Å². The lowest BCUT2D eigenvalue weighted by atomic mass is 10.1. The highest BCUT2D eigenvalue weighted by atomic mass is 32.2. The Labute approximate surface area is 153 Å². The molecule has 2 unspecified atom stereocenters. The number of sulfonamides is 1. The SMILES string of the molecule is CC(c1ccc(-n2cncn2)cc1)N(C)C(=O)C1CCCN1S(C)(=O)=O. The maximum absolute atomic E-state index is 12.9. The summed E-state index contributed by atoms with van der Waals surface area (Å²) in [5.74, 6) is -0.166. The van der Waals surface area contributed by atoms with Gasteiger partial charge in [0.25, 0.3) is 0 Å². The summed E-state index contributed by atoms with van der Waals surface area (Å²) < 4.78 is 26.8. The predicted octanol–water partition coefficient (Wildman–Crippen LogP) is 1.21. The van der Waals surface area contributed by atoms with Crippen molar-refractivity contribution in [2.24, 2.45) is 0 Å². The molecule has 26 heavy (non-hydrogen) atoms. The number of nitrogens with zero attached hydrogens (tertiary/aromatic N) is 5. The van der Waals surface area contributed by atoms with Crippen molar-refractivity contribution in [3.05, 3.63) is 42.5 Å². The van der Waals surface area contributed by atoms with Gasteiger partial charge in [-0.05, 0) is 37.5 Å². The number of aromatic nitrogens is 3. The zero-order valence-electron chi connectivity index (χ0n) is 15.1. The van der Waals surface area contributed by atoms with Gasteiger partial charge in [0.1, 0.15) is 18.7 Å². The van der Waals surface area contributed by atoms with E-state index in [-0.39, 0.29) is 11.9 Å². The van der Waals surface area contributed by atoms with E-state index in [0.29, 0.717) is 19.4 Å². The van der Waals surface area contributed by atoms with E-state index in [1.165, 1.54) is 10.6 Å². The first-order valence-corrected chi connectivity index (χ1v) is 10.3. The molecule has 3 rings (SSSR count). The molecule has 2 atom stereocenters. The third-order valence-electron chi connectivity index (χ3n) is 4.90. The summed E-state index contributed by atoms with van der Waals surface area (Å²) in [6.07, 6.45) is 5.52. The molecule has 1 aromatic heterocycles. The molecule has 0 aliphatic carbocycles. The van der Waals surface area contributed by atoms with Gasteiger partial charge in [-0.3, -0.25) is 4.79 Å². The van der Waals surface area contributed by atoms with Crippen molar-refractivity contribution in [2.45, 2.75) is 31.8 Å². The second-order valence-corrected chi connectivity index (χ2v) is 8.52. The highest BCUT2D eigenvalue weighted by molar-refractivity contribution is 7.88. The van der Waals surface area contributed by atoms with Crippen LogP contribution in [0.3, 0.4) is 0 Å². The minimum absolute atomic E-state index is 0.166. The first-order valence-electron chi connectivity index (χ1n) is 8.47. The smallest absolute Gasteiger partial charge is 0.241 e. The highest BCUT2D eigenvalue weighted by Gasteiger charge is 2.38. The van der Waals surface area contributed by atoms with E-state index in [4.69, 9.17) is 0 Å². The number of carbonyl (C=O) groups excluding carboxylic acids is 1. The molecule has 8 nitrogen and oxygen atoms in total. The van der Waals surface area contributed by atoms with Gasteiger partial charge in [-0.1, -0.05) is 12.1 Å². The van der Waals surface area contributed by atoms with Crippen molar-refractivity contribution in [1.29, 1.82) is 0 Å². The van der Waals surface area contributed by atoms with E-state index < -0.39 is 16.1 Å². The second kappa shape index (κ2) is 7.16. The molecule has 1 saturated heterocycles. The van der Waals surface area contributed by atoms with Crippen molar-refractivity contribution < 1.29 is 13.2 Å². The molecule has 1 aliphatic heterocycles. The van der Waals surface area contributed by atoms with Crippen LogP contribution in [0, 0.1) is 0 Å². The van der Waals surface area contributed by atoms with Gasteiger partial charge in [-0.2, -0.15) is 9.40 Å². The van der Waals surface area contributed by atoms with Gasteiger partial charge in [0, 0.05) is 13.6 Å². The van der Waals surface area contributed by atoms with Crippen LogP contribution in [0.15, 0.2) is 36.9 Å². The van der Waals surface area contributed by atoms with Gasteiger partial charge >= 0.3 is 0 Å². The van der Waals surface area contributed by atoms with Gasteiger partial charge in [0.05, 0.1) is 18.0 Å². The van der Waals surface area contributed by atoms with Crippen LogP contribution >= 0.6 is 0 Å². The summed E-state index contributed by atoms with van der Waals surface area (Å²) in [6.45, 7) is 2.34. The zero-order chi connectivity index (χ0) is 18.9. The molecule has 140 valence electrons. The average molecular weight is 377 g/mol. The van der Waals surface area contributed by atoms with Crippen LogP contribution in [0.2, 0.25) is 0 Å². The molecule has 1 fully saturated rings. The minimum atomic E-state index is -3.38. The van der Waals surface area contributed by atoms with E-state index in [1.54, 1.807) is 23.0 Å². The summed E-state index contributed by atoms with van der Waals surface area (Å²) in [5, 5.41) is 4.09. The Hall–Kier alpha value is -2.26. The largest absolute Gasteiger partial charge is 0.338 e. The maximum atomic E-state index is 12.9. The molecule has 0 radical (unpaired) electrons. The topological polar surface area (TPSA) is 88.4 Å². The van der Waals surface area contributed by atoms with Crippen LogP contribution in [0.1, 0.15) is 31.4 Å². The summed E-state index contributed by atoms with van der Waals surface area (Å²) in [6, 6.07) is 6.93. The fourth-order valence-electron chi connectivity index (χ4n) is 3.28. The van der Waals surface area contributed by atoms with Crippen LogP contribution in [-0.2, 0) is 14.8 Å². The van der Waals surface area contributed by atoms with Crippen LogP contribution < -0.4 is 0 Å². The van der Waals surface area contributed by atoms with Crippen molar-refractivity contribution in [3.8, 4) is 5.69 Å². The van der Waals surface area contributed by atoms with Crippen LogP contribution in [0.5, 0.6) is 0 Å². The highest BCUT2D eigenvalue weighted by Crippen LogP contribution is 2.26. The van der Waals surface area contributed by atoms with E-state index in [0.717, 1.165) is 17.5 Å². The molecule has 2 heterocycles. The van der Waals surface area contributed by atoms with E-state index in [9.17, 15) is 13.2 Å². The lowest BCUT2D eigenvalue weighted by molar-refractivity contribution is -0.135. The molecule has 2 aromatic rings. The monoisotopic (exact) mass is 377 g/mol. The average Bonchev–Trinajstić information content (AvgIpc) is 3.30. The van der Waals surface area contributed by atoms with Crippen molar-refractivity contribution >= 4 is 15.9 Å². The molecule has 0 bridgehead atoms. The quantitative estimate of drug-likeness (QED) is 0.781. The van der Waals surface area contributed by atoms with Crippen LogP contribution in [-0.4, -0.2) is 64.2 Å². The molecule has 1 aliphatic rings. The zero-order valence-corrected chi connectivity index (χ0v) is 15.9. The first-order chi connectivity index (χ1) is 12.3. The molecule has 1 amide bonds. The van der Waals surface area contributed by atoms with Crippen LogP contribution in [0.25, 0.3) is 5.69 Å². The van der Waals surface area contributed by atoms with Gasteiger partial charge in [-0.15, -0.1) is 0 Å². The summed E-state index contributed by atoms with van der Waals surface area (Å²) in [4.78, 5) is 18.4. The number of rotatable bonds is 5. The third-order valence-corrected chi connectivity index (χ3v) is 6.19. The molecule has 0 spiro atoms. The normalized spacial score (nSPS) is 19.4. The number of amides is 1. The lowest BCUT2D eigenvalue weighted by Gasteiger charge is -2.31. The number of likely N-dealkylation sites (N-methyl/N-ethyl adjacent to an activating group) is 1. The molecular weight excluding hydrogens is 354 g/mol. The standard InChI is InChI=1S/C17H23N5O3S/c1-13(14-6-8-15(9-7-14)21-12-18-11-19-21)20(2)17(23)16-5-4-10-22(16)26(3,24)25/h6-9,11-13,16H,4-5,10H2,1-3H3. The fraction of sp³-hybridized carbons (Fsp3) is 0.471. The van der Waals surface area contributed by atoms with Crippen molar-refractivity contribution in [1.82, 2.24) is 24.0 Å². The van der Waals surface area contributed by atoms with Crippen molar-refractivity contribution in [2.75, 3.05) is 19.8 Å². The summed E-state index contributed by atoms with van der Waals surface area (Å²) in [5.41, 5.74) is 1.85. The Morgan fingerprint density at radius 2 is 2.00 bits per heavy atom. The van der Waals surface area contributed by atoms with Gasteiger partial charge in [0.15, 0.2) is 0 Å². The van der Waals surface area contributed by atoms with Gasteiger partial charge in [-0.25, -0.2) is 18.1 Å². The van der Waals surface area contributed by atoms with Crippen molar-refractivity contribution in [3.63, 3.8) is 0 Å². The van der Waals surface area contributed by atoms with Gasteiger partial charge in [0.2, 0.25) is 15.9 Å². The molecule has 1 aromatic carbocycles. The molecule has 9 heteroatoms. The van der Waals surface area contributed by atoms with Crippen LogP contribution in [0.4, 0.5) is 0 Å². The Kier molecular flexibility index (Phi) is 5.10.